The van der Waals surface area contributed by atoms with Gasteiger partial charge in [-0.05, 0) is 23.8 Å². The summed E-state index contributed by atoms with van der Waals surface area (Å²) in [5, 5.41) is 3.53. The maximum absolute atomic E-state index is 6.15. The Morgan fingerprint density at radius 1 is 1.38 bits per heavy atom. The lowest BCUT2D eigenvalue weighted by Crippen LogP contribution is -2.42. The van der Waals surface area contributed by atoms with Crippen LogP contribution in [-0.2, 0) is 6.54 Å². The van der Waals surface area contributed by atoms with Gasteiger partial charge in [0.25, 0.3) is 0 Å². The van der Waals surface area contributed by atoms with Crippen molar-refractivity contribution in [3.8, 4) is 0 Å². The number of hydrogen-bond donors (Lipinski definition) is 2. The van der Waals surface area contributed by atoms with Crippen molar-refractivity contribution in [1.29, 1.82) is 0 Å². The first kappa shape index (κ1) is 11.6. The van der Waals surface area contributed by atoms with Crippen LogP contribution < -0.4 is 11.1 Å². The van der Waals surface area contributed by atoms with E-state index in [9.17, 15) is 0 Å². The molecule has 16 heavy (non-hydrogen) atoms. The largest absolute Gasteiger partial charge is 0.327 e. The summed E-state index contributed by atoms with van der Waals surface area (Å²) in [6.45, 7) is 4.29. The third-order valence-corrected chi connectivity index (χ3v) is 3.86. The first-order valence-corrected chi connectivity index (χ1v) is 6.21. The molecule has 0 aliphatic heterocycles. The average molecular weight is 218 g/mol. The predicted molar refractivity (Wildman–Crippen MR) is 68.1 cm³/mol. The first-order chi connectivity index (χ1) is 7.71. The lowest BCUT2D eigenvalue weighted by Gasteiger charge is -2.29. The molecule has 0 spiro atoms. The molecule has 1 saturated carbocycles. The van der Waals surface area contributed by atoms with Crippen LogP contribution in [0.3, 0.4) is 0 Å². The molecule has 0 bridgehead atoms. The molecule has 2 unspecified atom stereocenters. The van der Waals surface area contributed by atoms with Crippen molar-refractivity contribution >= 4 is 0 Å². The summed E-state index contributed by atoms with van der Waals surface area (Å²) >= 11 is 0. The molecule has 0 saturated heterocycles. The second kappa shape index (κ2) is 4.98. The molecule has 1 aliphatic rings. The Bertz CT molecular complexity index is 323. The average Bonchev–Trinajstić information content (AvgIpc) is 2.61. The summed E-state index contributed by atoms with van der Waals surface area (Å²) in [5.41, 5.74) is 7.80. The molecule has 0 radical (unpaired) electrons. The molecule has 1 aromatic carbocycles. The van der Waals surface area contributed by atoms with Gasteiger partial charge < -0.3 is 11.1 Å². The number of rotatable bonds is 4. The minimum absolute atomic E-state index is 0.300. The van der Waals surface area contributed by atoms with E-state index in [1.165, 1.54) is 24.8 Å². The van der Waals surface area contributed by atoms with E-state index in [1.54, 1.807) is 0 Å². The van der Waals surface area contributed by atoms with E-state index in [2.05, 4.69) is 42.6 Å². The first-order valence-electron chi connectivity index (χ1n) is 6.21. The molecule has 2 nitrogen and oxygen atoms in total. The van der Waals surface area contributed by atoms with E-state index in [4.69, 9.17) is 5.73 Å². The number of hydrogen-bond acceptors (Lipinski definition) is 2. The van der Waals surface area contributed by atoms with Gasteiger partial charge in [-0.25, -0.2) is 0 Å². The SMILES string of the molecule is CC1(CNCc2ccccc2)CCCC1N. The van der Waals surface area contributed by atoms with E-state index in [0.29, 0.717) is 11.5 Å². The van der Waals surface area contributed by atoms with E-state index in [0.717, 1.165) is 13.1 Å². The van der Waals surface area contributed by atoms with Crippen LogP contribution in [0.4, 0.5) is 0 Å². The van der Waals surface area contributed by atoms with Crippen LogP contribution in [0.1, 0.15) is 31.7 Å². The van der Waals surface area contributed by atoms with E-state index in [1.807, 2.05) is 0 Å². The molecule has 2 heteroatoms. The predicted octanol–water partition coefficient (Wildman–Crippen LogP) is 2.29. The summed E-state index contributed by atoms with van der Waals surface area (Å²) in [5.74, 6) is 0. The zero-order valence-electron chi connectivity index (χ0n) is 10.1. The van der Waals surface area contributed by atoms with Crippen LogP contribution in [0.15, 0.2) is 30.3 Å². The Morgan fingerprint density at radius 3 is 2.75 bits per heavy atom. The fourth-order valence-corrected chi connectivity index (χ4v) is 2.57. The highest BCUT2D eigenvalue weighted by Gasteiger charge is 2.35. The number of nitrogens with two attached hydrogens (primary N) is 1. The second-order valence-corrected chi connectivity index (χ2v) is 5.24. The summed E-state index contributed by atoms with van der Waals surface area (Å²) in [7, 11) is 0. The fourth-order valence-electron chi connectivity index (χ4n) is 2.57. The summed E-state index contributed by atoms with van der Waals surface area (Å²) < 4.78 is 0. The van der Waals surface area contributed by atoms with Gasteiger partial charge in [0.05, 0.1) is 0 Å². The van der Waals surface area contributed by atoms with Crippen LogP contribution in [0.25, 0.3) is 0 Å². The molecule has 88 valence electrons. The standard InChI is InChI=1S/C14H22N2/c1-14(9-5-8-13(14)15)11-16-10-12-6-3-2-4-7-12/h2-4,6-7,13,16H,5,8-11,15H2,1H3. The van der Waals surface area contributed by atoms with E-state index in [-0.39, 0.29) is 0 Å². The van der Waals surface area contributed by atoms with Gasteiger partial charge in [-0.3, -0.25) is 0 Å². The molecule has 0 heterocycles. The van der Waals surface area contributed by atoms with Gasteiger partial charge in [0, 0.05) is 19.1 Å². The Kier molecular flexibility index (Phi) is 3.62. The molecule has 1 fully saturated rings. The zero-order chi connectivity index (χ0) is 11.4. The minimum Gasteiger partial charge on any atom is -0.327 e. The minimum atomic E-state index is 0.300. The second-order valence-electron chi connectivity index (χ2n) is 5.24. The zero-order valence-corrected chi connectivity index (χ0v) is 10.1. The van der Waals surface area contributed by atoms with Crippen LogP contribution in [0.2, 0.25) is 0 Å². The van der Waals surface area contributed by atoms with Gasteiger partial charge in [-0.15, -0.1) is 0 Å². The van der Waals surface area contributed by atoms with Crippen molar-refractivity contribution in [3.63, 3.8) is 0 Å². The quantitative estimate of drug-likeness (QED) is 0.813. The topological polar surface area (TPSA) is 38.0 Å². The molecular formula is C14H22N2. The van der Waals surface area contributed by atoms with Crippen molar-refractivity contribution in [2.24, 2.45) is 11.1 Å². The third-order valence-electron chi connectivity index (χ3n) is 3.86. The van der Waals surface area contributed by atoms with Crippen LogP contribution in [0, 0.1) is 5.41 Å². The van der Waals surface area contributed by atoms with Crippen LogP contribution >= 0.6 is 0 Å². The maximum Gasteiger partial charge on any atom is 0.0205 e. The summed E-state index contributed by atoms with van der Waals surface area (Å²) in [6, 6.07) is 10.9. The molecule has 1 aliphatic carbocycles. The van der Waals surface area contributed by atoms with Crippen molar-refractivity contribution < 1.29 is 0 Å². The van der Waals surface area contributed by atoms with Gasteiger partial charge in [0.15, 0.2) is 0 Å². The summed E-state index contributed by atoms with van der Waals surface area (Å²) in [6.07, 6.45) is 3.73. The Balaban J connectivity index is 1.80. The van der Waals surface area contributed by atoms with Crippen molar-refractivity contribution in [2.45, 2.75) is 38.8 Å². The Morgan fingerprint density at radius 2 is 2.12 bits per heavy atom. The highest BCUT2D eigenvalue weighted by atomic mass is 14.9. The molecule has 0 amide bonds. The highest BCUT2D eigenvalue weighted by molar-refractivity contribution is 5.14. The Labute approximate surface area is 98.2 Å². The van der Waals surface area contributed by atoms with Crippen molar-refractivity contribution in [2.75, 3.05) is 6.54 Å². The Hall–Kier alpha value is -0.860. The summed E-state index contributed by atoms with van der Waals surface area (Å²) in [4.78, 5) is 0. The maximum atomic E-state index is 6.15. The molecule has 3 N–H and O–H groups in total. The monoisotopic (exact) mass is 218 g/mol. The third kappa shape index (κ3) is 2.63. The molecular weight excluding hydrogens is 196 g/mol. The molecule has 2 rings (SSSR count). The number of benzene rings is 1. The highest BCUT2D eigenvalue weighted by Crippen LogP contribution is 2.35. The molecule has 1 aromatic rings. The number of nitrogens with one attached hydrogen (secondary N) is 1. The molecule has 0 aromatic heterocycles. The lowest BCUT2D eigenvalue weighted by molar-refractivity contribution is 0.277. The van der Waals surface area contributed by atoms with Gasteiger partial charge in [0.1, 0.15) is 0 Å². The van der Waals surface area contributed by atoms with E-state index < -0.39 is 0 Å². The van der Waals surface area contributed by atoms with E-state index >= 15 is 0 Å². The normalized spacial score (nSPS) is 29.5. The van der Waals surface area contributed by atoms with Gasteiger partial charge in [-0.1, -0.05) is 43.7 Å². The van der Waals surface area contributed by atoms with Crippen LogP contribution in [0.5, 0.6) is 0 Å². The van der Waals surface area contributed by atoms with Crippen LogP contribution in [-0.4, -0.2) is 12.6 Å². The van der Waals surface area contributed by atoms with Crippen molar-refractivity contribution in [1.82, 2.24) is 5.32 Å². The van der Waals surface area contributed by atoms with Crippen molar-refractivity contribution in [3.05, 3.63) is 35.9 Å². The molecule has 2 atom stereocenters. The lowest BCUT2D eigenvalue weighted by atomic mass is 9.85. The smallest absolute Gasteiger partial charge is 0.0205 e. The fraction of sp³-hybridized carbons (Fsp3) is 0.571. The van der Waals surface area contributed by atoms with Gasteiger partial charge in [0.2, 0.25) is 0 Å². The van der Waals surface area contributed by atoms with Gasteiger partial charge in [-0.2, -0.15) is 0 Å². The van der Waals surface area contributed by atoms with Gasteiger partial charge >= 0.3 is 0 Å².